The Kier molecular flexibility index (Phi) is 4.19. The third kappa shape index (κ3) is 3.02. The number of rotatable bonds is 3. The van der Waals surface area contributed by atoms with E-state index in [2.05, 4.69) is 103 Å². The summed E-state index contributed by atoms with van der Waals surface area (Å²) in [6, 6.07) is 36.4. The van der Waals surface area contributed by atoms with Crippen LogP contribution < -0.4 is 5.32 Å². The molecule has 0 saturated heterocycles. The number of para-hydroxylation sites is 2. The Labute approximate surface area is 164 Å². The van der Waals surface area contributed by atoms with Crippen LogP contribution in [0.1, 0.15) is 22.6 Å². The van der Waals surface area contributed by atoms with Crippen molar-refractivity contribution in [1.82, 2.24) is 5.32 Å². The summed E-state index contributed by atoms with van der Waals surface area (Å²) < 4.78 is 0. The number of fused-ring (bicyclic) bond motifs is 2. The van der Waals surface area contributed by atoms with Gasteiger partial charge >= 0.3 is 0 Å². The fourth-order valence-corrected chi connectivity index (χ4v) is 4.70. The third-order valence-corrected chi connectivity index (χ3v) is 6.04. The summed E-state index contributed by atoms with van der Waals surface area (Å²) in [6.07, 6.45) is 0. The van der Waals surface area contributed by atoms with Gasteiger partial charge in [-0.1, -0.05) is 96.7 Å². The van der Waals surface area contributed by atoms with Gasteiger partial charge in [0.1, 0.15) is 0 Å². The smallest absolute Gasteiger partial charge is 0.0818 e. The van der Waals surface area contributed by atoms with Gasteiger partial charge in [0.15, 0.2) is 0 Å². The van der Waals surface area contributed by atoms with Crippen molar-refractivity contribution >= 4 is 23.1 Å². The molecule has 0 N–H and O–H groups in total. The minimum absolute atomic E-state index is 0.164. The third-order valence-electron chi connectivity index (χ3n) is 4.92. The molecule has 0 bridgehead atoms. The molecular weight excluding hydrogens is 346 g/mol. The number of hydrogen-bond acceptors (Lipinski definition) is 1. The highest BCUT2D eigenvalue weighted by atomic mass is 32.2. The quantitative estimate of drug-likeness (QED) is 0.318. The molecule has 0 aliphatic carbocycles. The first-order valence-corrected chi connectivity index (χ1v) is 9.93. The van der Waals surface area contributed by atoms with Crippen LogP contribution in [-0.4, -0.2) is 0 Å². The van der Waals surface area contributed by atoms with E-state index in [9.17, 15) is 0 Å². The van der Waals surface area contributed by atoms with Gasteiger partial charge in [-0.25, -0.2) is 5.32 Å². The Balaban J connectivity index is 1.69. The summed E-state index contributed by atoms with van der Waals surface area (Å²) >= 11 is 1.81. The highest BCUT2D eigenvalue weighted by Gasteiger charge is 2.25. The van der Waals surface area contributed by atoms with Crippen molar-refractivity contribution < 1.29 is 0 Å². The average molecular weight is 364 g/mol. The summed E-state index contributed by atoms with van der Waals surface area (Å²) in [5, 5.41) is 5.06. The molecule has 0 amide bonds. The molecule has 4 aromatic carbocycles. The first-order chi connectivity index (χ1) is 13.4. The van der Waals surface area contributed by atoms with Crippen molar-refractivity contribution in [2.75, 3.05) is 0 Å². The van der Waals surface area contributed by atoms with Crippen LogP contribution >= 0.6 is 11.8 Å². The normalized spacial score (nSPS) is 12.2. The second-order valence-electron chi connectivity index (χ2n) is 6.63. The Hall–Kier alpha value is -2.97. The summed E-state index contributed by atoms with van der Waals surface area (Å²) in [7, 11) is 0. The monoisotopic (exact) mass is 364 g/mol. The van der Waals surface area contributed by atoms with Gasteiger partial charge in [-0.15, -0.1) is 0 Å². The Morgan fingerprint density at radius 1 is 0.556 bits per heavy atom. The Morgan fingerprint density at radius 3 is 1.85 bits per heavy atom. The van der Waals surface area contributed by atoms with Gasteiger partial charge in [0.2, 0.25) is 0 Å². The minimum Gasteiger partial charge on any atom is -0.246 e. The lowest BCUT2D eigenvalue weighted by Gasteiger charge is -2.26. The van der Waals surface area contributed by atoms with Gasteiger partial charge in [-0.05, 0) is 34.9 Å². The number of hydrogen-bond donors (Lipinski definition) is 0. The van der Waals surface area contributed by atoms with Gasteiger partial charge in [0, 0.05) is 15.7 Å². The van der Waals surface area contributed by atoms with Gasteiger partial charge in [-0.3, -0.25) is 0 Å². The number of nitrogens with zero attached hydrogens (tertiary/aromatic N) is 1. The number of benzene rings is 4. The maximum atomic E-state index is 5.06. The van der Waals surface area contributed by atoms with Crippen LogP contribution in [0.25, 0.3) is 0 Å². The Morgan fingerprint density at radius 2 is 1.15 bits per heavy atom. The highest BCUT2D eigenvalue weighted by molar-refractivity contribution is 7.99. The first kappa shape index (κ1) is 16.2. The first-order valence-electron chi connectivity index (χ1n) is 9.11. The molecule has 5 rings (SSSR count). The van der Waals surface area contributed by atoms with E-state index in [0.717, 1.165) is 11.4 Å². The van der Waals surface area contributed by atoms with E-state index in [0.29, 0.717) is 0 Å². The molecule has 1 heterocycles. The van der Waals surface area contributed by atoms with E-state index in [-0.39, 0.29) is 5.92 Å². The van der Waals surface area contributed by atoms with Crippen molar-refractivity contribution in [3.63, 3.8) is 0 Å². The zero-order valence-electron chi connectivity index (χ0n) is 14.7. The van der Waals surface area contributed by atoms with Crippen LogP contribution in [0.5, 0.6) is 0 Å². The topological polar surface area (TPSA) is 14.1 Å². The second kappa shape index (κ2) is 6.98. The largest absolute Gasteiger partial charge is 0.246 e. The molecule has 0 spiro atoms. The van der Waals surface area contributed by atoms with E-state index in [1.165, 1.54) is 26.5 Å². The summed E-state index contributed by atoms with van der Waals surface area (Å²) in [5.74, 6) is 0.164. The lowest BCUT2D eigenvalue weighted by atomic mass is 9.84. The fourth-order valence-electron chi connectivity index (χ4n) is 3.69. The summed E-state index contributed by atoms with van der Waals surface area (Å²) in [6.45, 7) is 0. The molecule has 4 aromatic rings. The molecular formula is C25H18NS. The van der Waals surface area contributed by atoms with Gasteiger partial charge in [0.25, 0.3) is 0 Å². The molecule has 0 atom stereocenters. The Bertz CT molecular complexity index is 1030. The van der Waals surface area contributed by atoms with E-state index < -0.39 is 0 Å². The van der Waals surface area contributed by atoms with Crippen molar-refractivity contribution in [2.24, 2.45) is 0 Å². The SMILES string of the molecule is c1ccc(C(c2ccccc2)c2cccc3c2[N]c2ccccc2S3)cc1. The van der Waals surface area contributed by atoms with Crippen LogP contribution in [0.3, 0.4) is 0 Å². The van der Waals surface area contributed by atoms with Crippen molar-refractivity contribution in [3.8, 4) is 0 Å². The summed E-state index contributed by atoms with van der Waals surface area (Å²) in [4.78, 5) is 2.45. The minimum atomic E-state index is 0.164. The molecule has 1 aliphatic heterocycles. The molecule has 1 radical (unpaired) electrons. The molecule has 0 aromatic heterocycles. The lowest BCUT2D eigenvalue weighted by molar-refractivity contribution is 0.938. The van der Waals surface area contributed by atoms with E-state index in [1.54, 1.807) is 0 Å². The molecule has 0 unspecified atom stereocenters. The van der Waals surface area contributed by atoms with Crippen LogP contribution in [0, 0.1) is 0 Å². The lowest BCUT2D eigenvalue weighted by Crippen LogP contribution is -2.09. The molecule has 129 valence electrons. The van der Waals surface area contributed by atoms with Crippen LogP contribution in [0.4, 0.5) is 11.4 Å². The maximum Gasteiger partial charge on any atom is 0.0818 e. The second-order valence-corrected chi connectivity index (χ2v) is 7.71. The van der Waals surface area contributed by atoms with E-state index in [4.69, 9.17) is 5.32 Å². The van der Waals surface area contributed by atoms with E-state index in [1.807, 2.05) is 11.8 Å². The van der Waals surface area contributed by atoms with Gasteiger partial charge < -0.3 is 0 Å². The zero-order valence-corrected chi connectivity index (χ0v) is 15.6. The molecule has 2 heteroatoms. The van der Waals surface area contributed by atoms with Crippen LogP contribution in [-0.2, 0) is 0 Å². The zero-order chi connectivity index (χ0) is 18.1. The summed E-state index contributed by atoms with van der Waals surface area (Å²) in [5.41, 5.74) is 5.99. The van der Waals surface area contributed by atoms with Gasteiger partial charge in [-0.2, -0.15) is 0 Å². The average Bonchev–Trinajstić information content (AvgIpc) is 2.74. The van der Waals surface area contributed by atoms with Crippen LogP contribution in [0.15, 0.2) is 113 Å². The predicted molar refractivity (Wildman–Crippen MR) is 112 cm³/mol. The molecule has 0 saturated carbocycles. The molecule has 0 fully saturated rings. The highest BCUT2D eigenvalue weighted by Crippen LogP contribution is 2.48. The van der Waals surface area contributed by atoms with Crippen molar-refractivity contribution in [3.05, 3.63) is 120 Å². The van der Waals surface area contributed by atoms with Crippen molar-refractivity contribution in [2.45, 2.75) is 15.7 Å². The van der Waals surface area contributed by atoms with E-state index >= 15 is 0 Å². The fraction of sp³-hybridized carbons (Fsp3) is 0.0400. The van der Waals surface area contributed by atoms with Gasteiger partial charge in [0.05, 0.1) is 11.4 Å². The van der Waals surface area contributed by atoms with Crippen molar-refractivity contribution in [1.29, 1.82) is 0 Å². The predicted octanol–water partition coefficient (Wildman–Crippen LogP) is 6.90. The van der Waals surface area contributed by atoms with Crippen LogP contribution in [0.2, 0.25) is 0 Å². The maximum absolute atomic E-state index is 5.06. The molecule has 1 nitrogen and oxygen atoms in total. The molecule has 1 aliphatic rings. The molecule has 27 heavy (non-hydrogen) atoms. The standard InChI is InChI=1S/C25H18NS/c1-3-10-18(11-4-1)24(19-12-5-2-6-13-19)20-14-9-17-23-25(20)26-21-15-7-8-16-22(21)27-23/h1-17,24H.